The highest BCUT2D eigenvalue weighted by Crippen LogP contribution is 2.38. The molecule has 3 rings (SSSR count). The number of phenols is 1. The number of alkyl halides is 3. The van der Waals surface area contributed by atoms with Gasteiger partial charge in [0, 0.05) is 6.07 Å². The van der Waals surface area contributed by atoms with Crippen LogP contribution < -0.4 is 14.9 Å². The van der Waals surface area contributed by atoms with Gasteiger partial charge in [0.25, 0.3) is 5.76 Å². The molecule has 0 saturated carbocycles. The van der Waals surface area contributed by atoms with Crippen LogP contribution in [-0.4, -0.2) is 12.2 Å². The second-order valence-corrected chi connectivity index (χ2v) is 5.05. The first-order chi connectivity index (χ1) is 11.8. The Morgan fingerprint density at radius 2 is 1.68 bits per heavy atom. The van der Waals surface area contributed by atoms with Crippen molar-refractivity contribution in [2.75, 3.05) is 7.11 Å². The molecule has 130 valence electrons. The quantitative estimate of drug-likeness (QED) is 0.760. The zero-order valence-corrected chi connectivity index (χ0v) is 12.8. The number of hydrogen-bond donors (Lipinski definition) is 1. The molecule has 0 unspecified atom stereocenters. The zero-order chi connectivity index (χ0) is 18.2. The van der Waals surface area contributed by atoms with Crippen LogP contribution in [-0.2, 0) is 6.18 Å². The molecule has 0 aliphatic carbocycles. The van der Waals surface area contributed by atoms with Crippen molar-refractivity contribution in [3.63, 3.8) is 0 Å². The van der Waals surface area contributed by atoms with E-state index in [1.54, 1.807) is 0 Å². The first-order valence-electron chi connectivity index (χ1n) is 6.98. The van der Waals surface area contributed by atoms with E-state index in [1.807, 2.05) is 0 Å². The molecular weight excluding hydrogens is 341 g/mol. The number of ether oxygens (including phenoxy) is 2. The van der Waals surface area contributed by atoms with Crippen molar-refractivity contribution in [3.05, 3.63) is 58.4 Å². The monoisotopic (exact) mass is 352 g/mol. The van der Waals surface area contributed by atoms with E-state index in [1.165, 1.54) is 37.4 Å². The maximum atomic E-state index is 13.3. The maximum absolute atomic E-state index is 13.3. The van der Waals surface area contributed by atoms with E-state index in [0.29, 0.717) is 5.75 Å². The molecule has 0 aliphatic heterocycles. The summed E-state index contributed by atoms with van der Waals surface area (Å²) in [5, 5.41) is 9.24. The first kappa shape index (κ1) is 16.7. The molecule has 0 spiro atoms. The molecule has 0 aliphatic rings. The zero-order valence-electron chi connectivity index (χ0n) is 12.8. The molecule has 0 amide bonds. The van der Waals surface area contributed by atoms with Crippen LogP contribution in [0.2, 0.25) is 0 Å². The lowest BCUT2D eigenvalue weighted by atomic mass is 10.2. The Morgan fingerprint density at radius 3 is 2.28 bits per heavy atom. The number of methoxy groups -OCH3 is 1. The number of hydrogen-bond acceptors (Lipinski definition) is 5. The summed E-state index contributed by atoms with van der Waals surface area (Å²) >= 11 is 0. The van der Waals surface area contributed by atoms with Crippen LogP contribution in [0.1, 0.15) is 5.76 Å². The minimum Gasteiger partial charge on any atom is -0.508 e. The fourth-order valence-electron chi connectivity index (χ4n) is 2.21. The molecule has 5 nitrogen and oxygen atoms in total. The van der Waals surface area contributed by atoms with Gasteiger partial charge in [0.15, 0.2) is 0 Å². The predicted octanol–water partition coefficient (Wildman–Crippen LogP) is 4.32. The van der Waals surface area contributed by atoms with Crippen LogP contribution in [0, 0.1) is 0 Å². The lowest BCUT2D eigenvalue weighted by Crippen LogP contribution is -2.15. The van der Waals surface area contributed by atoms with Crippen LogP contribution >= 0.6 is 0 Å². The van der Waals surface area contributed by atoms with Gasteiger partial charge in [0.05, 0.1) is 12.5 Å². The highest BCUT2D eigenvalue weighted by Gasteiger charge is 2.40. The Balaban J connectivity index is 2.19. The minimum absolute atomic E-state index is 0.0109. The molecule has 1 N–H and O–H groups in total. The van der Waals surface area contributed by atoms with E-state index in [2.05, 4.69) is 0 Å². The molecule has 8 heteroatoms. The highest BCUT2D eigenvalue weighted by molar-refractivity contribution is 5.79. The summed E-state index contributed by atoms with van der Waals surface area (Å²) in [6, 6.07) is 8.94. The highest BCUT2D eigenvalue weighted by atomic mass is 19.4. The molecule has 2 aromatic carbocycles. The lowest BCUT2D eigenvalue weighted by molar-refractivity contribution is -0.154. The van der Waals surface area contributed by atoms with E-state index in [0.717, 1.165) is 12.1 Å². The van der Waals surface area contributed by atoms with E-state index < -0.39 is 23.1 Å². The van der Waals surface area contributed by atoms with Crippen LogP contribution in [0.5, 0.6) is 23.0 Å². The first-order valence-corrected chi connectivity index (χ1v) is 6.98. The van der Waals surface area contributed by atoms with Gasteiger partial charge in [-0.15, -0.1) is 0 Å². The Hall–Kier alpha value is -3.16. The summed E-state index contributed by atoms with van der Waals surface area (Å²) in [7, 11) is 1.44. The predicted molar refractivity (Wildman–Crippen MR) is 82.2 cm³/mol. The Labute approximate surface area is 138 Å². The van der Waals surface area contributed by atoms with E-state index in [-0.39, 0.29) is 22.5 Å². The van der Waals surface area contributed by atoms with Crippen LogP contribution in [0.4, 0.5) is 13.2 Å². The van der Waals surface area contributed by atoms with Crippen molar-refractivity contribution in [2.45, 2.75) is 6.18 Å². The third-order valence-electron chi connectivity index (χ3n) is 3.37. The van der Waals surface area contributed by atoms with Gasteiger partial charge in [-0.05, 0) is 36.4 Å². The maximum Gasteiger partial charge on any atom is 0.453 e. The van der Waals surface area contributed by atoms with E-state index in [9.17, 15) is 23.1 Å². The molecule has 0 bridgehead atoms. The summed E-state index contributed by atoms with van der Waals surface area (Å²) in [6.07, 6.45) is -4.96. The third kappa shape index (κ3) is 3.23. The minimum atomic E-state index is -4.96. The van der Waals surface area contributed by atoms with Crippen molar-refractivity contribution >= 4 is 11.0 Å². The summed E-state index contributed by atoms with van der Waals surface area (Å²) < 4.78 is 54.8. The molecule has 0 fully saturated rings. The topological polar surface area (TPSA) is 68.9 Å². The van der Waals surface area contributed by atoms with Crippen LogP contribution in [0.3, 0.4) is 0 Å². The second-order valence-electron chi connectivity index (χ2n) is 5.05. The van der Waals surface area contributed by atoms with Gasteiger partial charge in [-0.1, -0.05) is 0 Å². The van der Waals surface area contributed by atoms with Crippen molar-refractivity contribution in [3.8, 4) is 23.0 Å². The number of phenolic OH excluding ortho intramolecular Hbond substituents is 1. The Morgan fingerprint density at radius 1 is 1.04 bits per heavy atom. The van der Waals surface area contributed by atoms with Crippen LogP contribution in [0.15, 0.2) is 51.7 Å². The molecule has 0 radical (unpaired) electrons. The molecule has 0 saturated heterocycles. The molecule has 1 heterocycles. The summed E-state index contributed by atoms with van der Waals surface area (Å²) in [4.78, 5) is 12.4. The number of benzene rings is 2. The third-order valence-corrected chi connectivity index (χ3v) is 3.37. The smallest absolute Gasteiger partial charge is 0.453 e. The standard InChI is InChI=1S/C17H11F3O5/c1-23-10-3-5-11(6-4-10)24-15-14(22)12-7-2-9(21)8-13(12)25-16(15)17(18,19)20/h2-8,21H,1H3. The summed E-state index contributed by atoms with van der Waals surface area (Å²) in [6.45, 7) is 0. The Kier molecular flexibility index (Phi) is 4.03. The van der Waals surface area contributed by atoms with E-state index in [4.69, 9.17) is 13.9 Å². The number of rotatable bonds is 3. The molecule has 25 heavy (non-hydrogen) atoms. The largest absolute Gasteiger partial charge is 0.508 e. The van der Waals surface area contributed by atoms with E-state index >= 15 is 0 Å². The van der Waals surface area contributed by atoms with Crippen molar-refractivity contribution in [1.29, 1.82) is 0 Å². The average molecular weight is 352 g/mol. The van der Waals surface area contributed by atoms with Gasteiger partial charge < -0.3 is 19.0 Å². The lowest BCUT2D eigenvalue weighted by Gasteiger charge is -2.13. The molecule has 1 aromatic heterocycles. The van der Waals surface area contributed by atoms with Gasteiger partial charge in [-0.25, -0.2) is 0 Å². The fourth-order valence-corrected chi connectivity index (χ4v) is 2.21. The van der Waals surface area contributed by atoms with Gasteiger partial charge in [0.1, 0.15) is 22.8 Å². The molecule has 3 aromatic rings. The fraction of sp³-hybridized carbons (Fsp3) is 0.118. The number of fused-ring (bicyclic) bond motifs is 1. The van der Waals surface area contributed by atoms with Gasteiger partial charge >= 0.3 is 6.18 Å². The molecular formula is C17H11F3O5. The normalized spacial score (nSPS) is 11.5. The van der Waals surface area contributed by atoms with Crippen molar-refractivity contribution in [2.24, 2.45) is 0 Å². The number of halogens is 3. The summed E-state index contributed by atoms with van der Waals surface area (Å²) in [5.74, 6) is -2.39. The SMILES string of the molecule is COc1ccc(Oc2c(C(F)(F)F)oc3cc(O)ccc3c2=O)cc1. The van der Waals surface area contributed by atoms with Crippen LogP contribution in [0.25, 0.3) is 11.0 Å². The van der Waals surface area contributed by atoms with Crippen molar-refractivity contribution < 1.29 is 32.2 Å². The second kappa shape index (κ2) is 6.04. The van der Waals surface area contributed by atoms with Gasteiger partial charge in [0.2, 0.25) is 11.2 Å². The van der Waals surface area contributed by atoms with Crippen molar-refractivity contribution in [1.82, 2.24) is 0 Å². The average Bonchev–Trinajstić information content (AvgIpc) is 2.56. The summed E-state index contributed by atoms with van der Waals surface area (Å²) in [5.41, 5.74) is -1.39. The Bertz CT molecular complexity index is 974. The number of aromatic hydroxyl groups is 1. The van der Waals surface area contributed by atoms with Gasteiger partial charge in [-0.3, -0.25) is 4.79 Å². The molecule has 0 atom stereocenters. The van der Waals surface area contributed by atoms with Gasteiger partial charge in [-0.2, -0.15) is 13.2 Å².